The normalized spacial score (nSPS) is 18.9. The minimum absolute atomic E-state index is 0.264. The van der Waals surface area contributed by atoms with Gasteiger partial charge in [-0.25, -0.2) is 4.79 Å². The number of benzene rings is 2. The third-order valence-corrected chi connectivity index (χ3v) is 5.89. The second-order valence-corrected chi connectivity index (χ2v) is 8.82. The quantitative estimate of drug-likeness (QED) is 0.330. The lowest BCUT2D eigenvalue weighted by Gasteiger charge is -2.24. The van der Waals surface area contributed by atoms with Crippen molar-refractivity contribution in [3.8, 4) is 0 Å². The maximum Gasteiger partial charge on any atom is 0.338 e. The molecule has 0 spiro atoms. The Hall–Kier alpha value is -2.35. The number of aryl methyl sites for hydroxylation is 1. The molecule has 0 aliphatic heterocycles. The summed E-state index contributed by atoms with van der Waals surface area (Å²) in [7, 11) is 0. The SMILES string of the molecule is CCOC(=O)c1ccccc1C=C(C)c1ccc2c(c1)C(C)CC(C)(C)CC2. The van der Waals surface area contributed by atoms with E-state index in [1.807, 2.05) is 31.2 Å². The van der Waals surface area contributed by atoms with Gasteiger partial charge < -0.3 is 4.74 Å². The fourth-order valence-electron chi connectivity index (χ4n) is 4.37. The highest BCUT2D eigenvalue weighted by Crippen LogP contribution is 2.41. The molecule has 0 saturated carbocycles. The third kappa shape index (κ3) is 4.55. The summed E-state index contributed by atoms with van der Waals surface area (Å²) >= 11 is 0. The molecule has 1 atom stereocenters. The van der Waals surface area contributed by atoms with Gasteiger partial charge in [0.1, 0.15) is 0 Å². The van der Waals surface area contributed by atoms with Gasteiger partial charge in [-0.1, -0.05) is 63.2 Å². The van der Waals surface area contributed by atoms with Crippen LogP contribution in [0, 0.1) is 5.41 Å². The highest BCUT2D eigenvalue weighted by molar-refractivity contribution is 5.96. The average Bonchev–Trinajstić information content (AvgIpc) is 2.77. The summed E-state index contributed by atoms with van der Waals surface area (Å²) in [5.41, 5.74) is 7.27. The van der Waals surface area contributed by atoms with Crippen LogP contribution in [-0.2, 0) is 11.2 Å². The molecule has 0 amide bonds. The van der Waals surface area contributed by atoms with Gasteiger partial charge in [0, 0.05) is 0 Å². The van der Waals surface area contributed by atoms with Crippen molar-refractivity contribution in [2.45, 2.75) is 59.8 Å². The molecule has 2 nitrogen and oxygen atoms in total. The Balaban J connectivity index is 1.95. The number of hydrogen-bond donors (Lipinski definition) is 0. The van der Waals surface area contributed by atoms with Crippen LogP contribution in [0.5, 0.6) is 0 Å². The van der Waals surface area contributed by atoms with Crippen LogP contribution in [0.3, 0.4) is 0 Å². The molecule has 2 aromatic rings. The van der Waals surface area contributed by atoms with E-state index in [0.29, 0.717) is 23.5 Å². The standard InChI is InChI=1S/C26H32O2/c1-6-28-25(27)23-10-8-7-9-22(23)15-18(2)21-12-11-20-13-14-26(4,5)17-19(3)24(20)16-21/h7-12,15-16,19H,6,13-14,17H2,1-5H3. The predicted molar refractivity (Wildman–Crippen MR) is 118 cm³/mol. The molecule has 2 heteroatoms. The molecule has 28 heavy (non-hydrogen) atoms. The minimum atomic E-state index is -0.264. The van der Waals surface area contributed by atoms with Gasteiger partial charge in [-0.15, -0.1) is 0 Å². The summed E-state index contributed by atoms with van der Waals surface area (Å²) in [6.45, 7) is 11.5. The molecule has 148 valence electrons. The monoisotopic (exact) mass is 376 g/mol. The number of carbonyl (C=O) groups is 1. The second-order valence-electron chi connectivity index (χ2n) is 8.82. The van der Waals surface area contributed by atoms with E-state index in [4.69, 9.17) is 4.74 Å². The topological polar surface area (TPSA) is 26.3 Å². The van der Waals surface area contributed by atoms with Crippen molar-refractivity contribution in [2.75, 3.05) is 6.61 Å². The molecule has 0 N–H and O–H groups in total. The first-order valence-electron chi connectivity index (χ1n) is 10.4. The van der Waals surface area contributed by atoms with Crippen LogP contribution in [0.25, 0.3) is 11.6 Å². The van der Waals surface area contributed by atoms with Gasteiger partial charge in [-0.05, 0) is 78.3 Å². The predicted octanol–water partition coefficient (Wildman–Crippen LogP) is 6.89. The molecule has 1 aliphatic rings. The summed E-state index contributed by atoms with van der Waals surface area (Å²) in [6, 6.07) is 14.5. The number of fused-ring (bicyclic) bond motifs is 1. The van der Waals surface area contributed by atoms with Gasteiger partial charge in [-0.2, -0.15) is 0 Å². The van der Waals surface area contributed by atoms with Crippen molar-refractivity contribution >= 4 is 17.6 Å². The van der Waals surface area contributed by atoms with Gasteiger partial charge >= 0.3 is 5.97 Å². The summed E-state index contributed by atoms with van der Waals surface area (Å²) in [6.07, 6.45) is 5.71. The van der Waals surface area contributed by atoms with Gasteiger partial charge in [0.15, 0.2) is 0 Å². The summed E-state index contributed by atoms with van der Waals surface area (Å²) < 4.78 is 5.21. The molecular weight excluding hydrogens is 344 g/mol. The van der Waals surface area contributed by atoms with E-state index in [1.165, 1.54) is 29.5 Å². The molecule has 0 radical (unpaired) electrons. The number of hydrogen-bond acceptors (Lipinski definition) is 2. The molecular formula is C26H32O2. The molecule has 0 saturated heterocycles. The van der Waals surface area contributed by atoms with Crippen molar-refractivity contribution in [1.82, 2.24) is 0 Å². The van der Waals surface area contributed by atoms with Crippen LogP contribution in [0.4, 0.5) is 0 Å². The van der Waals surface area contributed by atoms with Crippen molar-refractivity contribution in [3.63, 3.8) is 0 Å². The van der Waals surface area contributed by atoms with Gasteiger partial charge in [0.25, 0.3) is 0 Å². The Morgan fingerprint density at radius 1 is 1.21 bits per heavy atom. The van der Waals surface area contributed by atoms with Crippen molar-refractivity contribution in [1.29, 1.82) is 0 Å². The maximum absolute atomic E-state index is 12.3. The average molecular weight is 377 g/mol. The second kappa shape index (κ2) is 8.34. The number of rotatable bonds is 4. The zero-order chi connectivity index (χ0) is 20.3. The van der Waals surface area contributed by atoms with Crippen molar-refractivity contribution in [3.05, 3.63) is 70.3 Å². The lowest BCUT2D eigenvalue weighted by atomic mass is 9.81. The van der Waals surface area contributed by atoms with E-state index in [0.717, 1.165) is 17.6 Å². The lowest BCUT2D eigenvalue weighted by molar-refractivity contribution is 0.0526. The minimum Gasteiger partial charge on any atom is -0.462 e. The molecule has 0 heterocycles. The lowest BCUT2D eigenvalue weighted by Crippen LogP contribution is -2.12. The van der Waals surface area contributed by atoms with Crippen LogP contribution in [0.2, 0.25) is 0 Å². The van der Waals surface area contributed by atoms with Crippen LogP contribution in [0.15, 0.2) is 42.5 Å². The first kappa shape index (κ1) is 20.4. The first-order chi connectivity index (χ1) is 13.3. The molecule has 0 fully saturated rings. The molecule has 0 bridgehead atoms. The van der Waals surface area contributed by atoms with Gasteiger partial charge in [-0.3, -0.25) is 0 Å². The highest BCUT2D eigenvalue weighted by Gasteiger charge is 2.27. The largest absolute Gasteiger partial charge is 0.462 e. The fourth-order valence-corrected chi connectivity index (χ4v) is 4.37. The van der Waals surface area contributed by atoms with E-state index in [2.05, 4.69) is 52.0 Å². The highest BCUT2D eigenvalue weighted by atomic mass is 16.5. The Morgan fingerprint density at radius 3 is 2.71 bits per heavy atom. The molecule has 1 aliphatic carbocycles. The number of carbonyl (C=O) groups excluding carboxylic acids is 1. The Kier molecular flexibility index (Phi) is 6.07. The zero-order valence-corrected chi connectivity index (χ0v) is 17.8. The molecule has 3 rings (SSSR count). The summed E-state index contributed by atoms with van der Waals surface area (Å²) in [4.78, 5) is 12.3. The third-order valence-electron chi connectivity index (χ3n) is 5.89. The van der Waals surface area contributed by atoms with Crippen LogP contribution in [-0.4, -0.2) is 12.6 Å². The van der Waals surface area contributed by atoms with E-state index >= 15 is 0 Å². The number of ether oxygens (including phenoxy) is 1. The Labute approximate surface area is 169 Å². The number of esters is 1. The Morgan fingerprint density at radius 2 is 1.96 bits per heavy atom. The van der Waals surface area contributed by atoms with E-state index < -0.39 is 0 Å². The Bertz CT molecular complexity index is 889. The summed E-state index contributed by atoms with van der Waals surface area (Å²) in [5.74, 6) is 0.298. The van der Waals surface area contributed by atoms with Crippen LogP contribution < -0.4 is 0 Å². The van der Waals surface area contributed by atoms with E-state index in [-0.39, 0.29) is 5.97 Å². The van der Waals surface area contributed by atoms with E-state index in [9.17, 15) is 4.79 Å². The van der Waals surface area contributed by atoms with E-state index in [1.54, 1.807) is 0 Å². The van der Waals surface area contributed by atoms with Crippen LogP contribution in [0.1, 0.15) is 86.0 Å². The molecule has 1 unspecified atom stereocenters. The fraction of sp³-hybridized carbons (Fsp3) is 0.423. The van der Waals surface area contributed by atoms with Gasteiger partial charge in [0.2, 0.25) is 0 Å². The smallest absolute Gasteiger partial charge is 0.338 e. The molecule has 2 aromatic carbocycles. The van der Waals surface area contributed by atoms with Crippen LogP contribution >= 0.6 is 0 Å². The molecule has 0 aromatic heterocycles. The first-order valence-corrected chi connectivity index (χ1v) is 10.4. The summed E-state index contributed by atoms with van der Waals surface area (Å²) in [5, 5.41) is 0. The maximum atomic E-state index is 12.3. The van der Waals surface area contributed by atoms with Crippen molar-refractivity contribution < 1.29 is 9.53 Å². The number of allylic oxidation sites excluding steroid dienone is 1. The van der Waals surface area contributed by atoms with Crippen molar-refractivity contribution in [2.24, 2.45) is 5.41 Å². The zero-order valence-electron chi connectivity index (χ0n) is 17.8. The van der Waals surface area contributed by atoms with Gasteiger partial charge in [0.05, 0.1) is 12.2 Å².